The average Bonchev–Trinajstić information content (AvgIpc) is 3.10. The lowest BCUT2D eigenvalue weighted by Gasteiger charge is -2.10. The molecule has 0 bridgehead atoms. The molecule has 4 rings (SSSR count). The number of fused-ring (bicyclic) bond motifs is 1. The third-order valence-corrected chi connectivity index (χ3v) is 7.17. The topological polar surface area (TPSA) is 68.3 Å². The maximum atomic E-state index is 12.5. The lowest BCUT2D eigenvalue weighted by atomic mass is 10.2. The van der Waals surface area contributed by atoms with Crippen LogP contribution in [0.15, 0.2) is 60.7 Å². The molecule has 1 heterocycles. The fourth-order valence-corrected chi connectivity index (χ4v) is 5.71. The van der Waals surface area contributed by atoms with Gasteiger partial charge in [0.15, 0.2) is 0 Å². The molecule has 0 saturated carbocycles. The largest absolute Gasteiger partial charge is 0.497 e. The summed E-state index contributed by atoms with van der Waals surface area (Å²) in [5, 5.41) is 1.64. The number of hydrogen-bond donors (Lipinski definition) is 1. The molecule has 0 aliphatic rings. The quantitative estimate of drug-likeness (QED) is 0.357. The molecule has 154 valence electrons. The number of anilines is 1. The lowest BCUT2D eigenvalue weighted by molar-refractivity contribution is 0.415. The van der Waals surface area contributed by atoms with E-state index < -0.39 is 10.0 Å². The summed E-state index contributed by atoms with van der Waals surface area (Å²) in [5.41, 5.74) is 2.56. The van der Waals surface area contributed by atoms with Crippen LogP contribution in [0.4, 0.5) is 5.69 Å². The zero-order chi connectivity index (χ0) is 21.3. The normalized spacial score (nSPS) is 11.6. The number of methoxy groups -OCH3 is 1. The Bertz CT molecular complexity index is 1340. The van der Waals surface area contributed by atoms with E-state index in [1.54, 1.807) is 49.6 Å². The van der Waals surface area contributed by atoms with Crippen molar-refractivity contribution >= 4 is 60.5 Å². The summed E-state index contributed by atoms with van der Waals surface area (Å²) in [6.07, 6.45) is 0. The van der Waals surface area contributed by atoms with Crippen LogP contribution in [0, 0.1) is 0 Å². The van der Waals surface area contributed by atoms with Crippen molar-refractivity contribution in [3.05, 3.63) is 76.3 Å². The van der Waals surface area contributed by atoms with Crippen molar-refractivity contribution in [1.29, 1.82) is 0 Å². The molecule has 0 saturated heterocycles. The third kappa shape index (κ3) is 4.70. The number of rotatable bonds is 6. The minimum atomic E-state index is -3.62. The number of thiazole rings is 1. The minimum absolute atomic E-state index is 0.188. The van der Waals surface area contributed by atoms with E-state index in [1.165, 1.54) is 11.3 Å². The molecule has 0 unspecified atom stereocenters. The molecule has 30 heavy (non-hydrogen) atoms. The van der Waals surface area contributed by atoms with Crippen LogP contribution in [0.1, 0.15) is 5.56 Å². The highest BCUT2D eigenvalue weighted by molar-refractivity contribution is 7.91. The van der Waals surface area contributed by atoms with E-state index in [-0.39, 0.29) is 5.75 Å². The molecule has 1 N–H and O–H groups in total. The molecule has 4 aromatic rings. The van der Waals surface area contributed by atoms with Crippen LogP contribution < -0.4 is 9.46 Å². The van der Waals surface area contributed by atoms with Gasteiger partial charge in [-0.1, -0.05) is 35.3 Å². The van der Waals surface area contributed by atoms with Crippen LogP contribution in [0.25, 0.3) is 20.8 Å². The summed E-state index contributed by atoms with van der Waals surface area (Å²) < 4.78 is 33.8. The van der Waals surface area contributed by atoms with Crippen LogP contribution in [0.5, 0.6) is 5.75 Å². The second kappa shape index (κ2) is 8.43. The van der Waals surface area contributed by atoms with Gasteiger partial charge in [-0.05, 0) is 54.1 Å². The number of nitrogens with one attached hydrogen (secondary N) is 1. The Hall–Kier alpha value is -2.32. The molecule has 0 aliphatic heterocycles. The molecule has 0 aliphatic carbocycles. The summed E-state index contributed by atoms with van der Waals surface area (Å²) in [6.45, 7) is 0. The van der Waals surface area contributed by atoms with E-state index >= 15 is 0 Å². The molecule has 9 heteroatoms. The number of hydrogen-bond acceptors (Lipinski definition) is 5. The van der Waals surface area contributed by atoms with Crippen LogP contribution in [-0.4, -0.2) is 20.5 Å². The number of ether oxygens (including phenoxy) is 1. The maximum absolute atomic E-state index is 12.5. The molecule has 1 aromatic heterocycles. The zero-order valence-corrected chi connectivity index (χ0v) is 18.9. The number of aromatic nitrogens is 1. The van der Waals surface area contributed by atoms with Gasteiger partial charge in [-0.2, -0.15) is 0 Å². The SMILES string of the molecule is COc1ccc2nc(-c3ccc(NS(=O)(=O)Cc4cccc(Cl)c4)cc3Cl)sc2c1. The lowest BCUT2D eigenvalue weighted by Crippen LogP contribution is -2.15. The summed E-state index contributed by atoms with van der Waals surface area (Å²) >= 11 is 13.9. The molecular formula is C21H16Cl2N2O3S2. The van der Waals surface area contributed by atoms with Crippen LogP contribution >= 0.6 is 34.5 Å². The highest BCUT2D eigenvalue weighted by Crippen LogP contribution is 2.37. The van der Waals surface area contributed by atoms with E-state index in [0.29, 0.717) is 21.3 Å². The monoisotopic (exact) mass is 478 g/mol. The first-order valence-corrected chi connectivity index (χ1v) is 12.0. The van der Waals surface area contributed by atoms with Crippen molar-refractivity contribution in [3.8, 4) is 16.3 Å². The summed E-state index contributed by atoms with van der Waals surface area (Å²) in [7, 11) is -2.00. The predicted molar refractivity (Wildman–Crippen MR) is 124 cm³/mol. The van der Waals surface area contributed by atoms with Gasteiger partial charge < -0.3 is 4.74 Å². The Balaban J connectivity index is 1.57. The van der Waals surface area contributed by atoms with E-state index in [4.69, 9.17) is 27.9 Å². The van der Waals surface area contributed by atoms with Crippen molar-refractivity contribution in [2.75, 3.05) is 11.8 Å². The van der Waals surface area contributed by atoms with Gasteiger partial charge >= 0.3 is 0 Å². The van der Waals surface area contributed by atoms with E-state index in [2.05, 4.69) is 9.71 Å². The highest BCUT2D eigenvalue weighted by Gasteiger charge is 2.15. The molecule has 0 fully saturated rings. The first-order valence-electron chi connectivity index (χ1n) is 8.82. The number of halogens is 2. The second-order valence-corrected chi connectivity index (χ2v) is 10.1. The van der Waals surface area contributed by atoms with E-state index in [9.17, 15) is 8.42 Å². The molecule has 3 aromatic carbocycles. The van der Waals surface area contributed by atoms with Crippen LogP contribution in [0.3, 0.4) is 0 Å². The highest BCUT2D eigenvalue weighted by atomic mass is 35.5. The minimum Gasteiger partial charge on any atom is -0.497 e. The predicted octanol–water partition coefficient (Wildman–Crippen LogP) is 6.22. The van der Waals surface area contributed by atoms with Gasteiger partial charge in [-0.3, -0.25) is 4.72 Å². The Morgan fingerprint density at radius 1 is 1.07 bits per heavy atom. The van der Waals surface area contributed by atoms with Crippen molar-refractivity contribution in [1.82, 2.24) is 4.98 Å². The molecule has 0 atom stereocenters. The van der Waals surface area contributed by atoms with Gasteiger partial charge in [0.2, 0.25) is 10.0 Å². The van der Waals surface area contributed by atoms with Crippen LogP contribution in [-0.2, 0) is 15.8 Å². The summed E-state index contributed by atoms with van der Waals surface area (Å²) in [4.78, 5) is 4.61. The van der Waals surface area contributed by atoms with Crippen molar-refractivity contribution in [3.63, 3.8) is 0 Å². The smallest absolute Gasteiger partial charge is 0.236 e. The van der Waals surface area contributed by atoms with Crippen LogP contribution in [0.2, 0.25) is 10.0 Å². The fraction of sp³-hybridized carbons (Fsp3) is 0.0952. The molecule has 0 amide bonds. The zero-order valence-electron chi connectivity index (χ0n) is 15.7. The van der Waals surface area contributed by atoms with Gasteiger partial charge in [0.1, 0.15) is 10.8 Å². The van der Waals surface area contributed by atoms with Gasteiger partial charge in [0.25, 0.3) is 0 Å². The number of nitrogens with zero attached hydrogens (tertiary/aromatic N) is 1. The second-order valence-electron chi connectivity index (χ2n) is 6.54. The Kier molecular flexibility index (Phi) is 5.88. The molecule has 0 spiro atoms. The van der Waals surface area contributed by atoms with Gasteiger partial charge in [0.05, 0.1) is 33.8 Å². The Morgan fingerprint density at radius 2 is 1.90 bits per heavy atom. The molecule has 5 nitrogen and oxygen atoms in total. The fourth-order valence-electron chi connectivity index (χ4n) is 2.96. The summed E-state index contributed by atoms with van der Waals surface area (Å²) in [5.74, 6) is 0.570. The molecule has 0 radical (unpaired) electrons. The van der Waals surface area contributed by atoms with Crippen molar-refractivity contribution < 1.29 is 13.2 Å². The standard InChI is InChI=1S/C21H16Cl2N2O3S2/c1-28-16-6-8-19-20(11-16)29-21(24-19)17-7-5-15(10-18(17)23)25-30(26,27)12-13-3-2-4-14(22)9-13/h2-11,25H,12H2,1H3. The third-order valence-electron chi connectivity index (χ3n) is 4.31. The van der Waals surface area contributed by atoms with Gasteiger partial charge in [0, 0.05) is 10.6 Å². The number of benzene rings is 3. The van der Waals surface area contributed by atoms with E-state index in [1.807, 2.05) is 18.2 Å². The Morgan fingerprint density at radius 3 is 2.63 bits per heavy atom. The van der Waals surface area contributed by atoms with Crippen molar-refractivity contribution in [2.45, 2.75) is 5.75 Å². The van der Waals surface area contributed by atoms with Gasteiger partial charge in [-0.15, -0.1) is 11.3 Å². The summed E-state index contributed by atoms with van der Waals surface area (Å²) in [6, 6.07) is 17.4. The van der Waals surface area contributed by atoms with Gasteiger partial charge in [-0.25, -0.2) is 13.4 Å². The average molecular weight is 479 g/mol. The first kappa shape index (κ1) is 20.9. The van der Waals surface area contributed by atoms with E-state index in [0.717, 1.165) is 26.5 Å². The molecular weight excluding hydrogens is 463 g/mol. The maximum Gasteiger partial charge on any atom is 0.236 e. The Labute approximate surface area is 188 Å². The first-order chi connectivity index (χ1) is 14.3. The number of sulfonamides is 1. The van der Waals surface area contributed by atoms with Crippen molar-refractivity contribution in [2.24, 2.45) is 0 Å².